The molecule has 118 valence electrons. The van der Waals surface area contributed by atoms with E-state index in [0.717, 1.165) is 5.56 Å². The molecule has 1 aromatic carbocycles. The summed E-state index contributed by atoms with van der Waals surface area (Å²) in [6.45, 7) is 0.383. The van der Waals surface area contributed by atoms with Gasteiger partial charge in [0.25, 0.3) is 0 Å². The summed E-state index contributed by atoms with van der Waals surface area (Å²) in [5.41, 5.74) is 13.4. The Hall–Kier alpha value is -2.29. The zero-order valence-electron chi connectivity index (χ0n) is 11.4. The molecule has 0 saturated carbocycles. The van der Waals surface area contributed by atoms with E-state index in [1.807, 2.05) is 0 Å². The largest absolute Gasteiger partial charge is 0.493 e. The topological polar surface area (TPSA) is 98.0 Å². The first-order chi connectivity index (χ1) is 10.3. The highest BCUT2D eigenvalue weighted by molar-refractivity contribution is 6.43. The molecule has 0 aliphatic carbocycles. The number of ether oxygens (including phenoxy) is 1. The Labute approximate surface area is 124 Å². The minimum absolute atomic E-state index is 0.383. The lowest BCUT2D eigenvalue weighted by molar-refractivity contribution is -0.0577. The molecule has 0 aromatic heterocycles. The summed E-state index contributed by atoms with van der Waals surface area (Å²) >= 11 is 0. The molecule has 22 heavy (non-hydrogen) atoms. The second kappa shape index (κ2) is 4.87. The van der Waals surface area contributed by atoms with Gasteiger partial charge in [0.1, 0.15) is 5.75 Å². The predicted molar refractivity (Wildman–Crippen MR) is 74.5 cm³/mol. The van der Waals surface area contributed by atoms with Gasteiger partial charge < -0.3 is 10.5 Å². The van der Waals surface area contributed by atoms with Crippen LogP contribution in [-0.4, -0.2) is 30.1 Å². The van der Waals surface area contributed by atoms with Crippen LogP contribution in [0, 0.1) is 0 Å². The molecule has 0 radical (unpaired) electrons. The molecule has 6 nitrogen and oxygen atoms in total. The summed E-state index contributed by atoms with van der Waals surface area (Å²) in [5, 5.41) is 3.30. The smallest absolute Gasteiger partial charge is 0.438 e. The molecule has 9 heteroatoms. The number of hydrazone groups is 1. The van der Waals surface area contributed by atoms with E-state index in [9.17, 15) is 13.2 Å². The number of fused-ring (bicyclic) bond motifs is 1. The fraction of sp³-hybridized carbons (Fsp3) is 0.385. The number of halogens is 3. The van der Waals surface area contributed by atoms with Gasteiger partial charge in [-0.05, 0) is 12.5 Å². The van der Waals surface area contributed by atoms with E-state index >= 15 is 0 Å². The van der Waals surface area contributed by atoms with Gasteiger partial charge in [-0.15, -0.1) is 0 Å². The van der Waals surface area contributed by atoms with E-state index in [2.05, 4.69) is 15.5 Å². The highest BCUT2D eigenvalue weighted by Crippen LogP contribution is 2.39. The maximum atomic E-state index is 12.7. The van der Waals surface area contributed by atoms with Gasteiger partial charge in [0.15, 0.2) is 5.84 Å². The first-order valence-electron chi connectivity index (χ1n) is 6.59. The van der Waals surface area contributed by atoms with Crippen molar-refractivity contribution in [2.24, 2.45) is 21.6 Å². The average molecular weight is 313 g/mol. The van der Waals surface area contributed by atoms with Crippen molar-refractivity contribution in [3.05, 3.63) is 29.8 Å². The number of hydrogen-bond donors (Lipinski definition) is 3. The molecular formula is C13H14F3N5O. The Balaban J connectivity index is 1.96. The van der Waals surface area contributed by atoms with Crippen molar-refractivity contribution in [3.63, 3.8) is 0 Å². The number of nitrogens with one attached hydrogen (secondary N) is 1. The molecule has 2 heterocycles. The Bertz CT molecular complexity index is 657. The molecule has 3 rings (SSSR count). The van der Waals surface area contributed by atoms with Gasteiger partial charge in [-0.1, -0.05) is 18.2 Å². The summed E-state index contributed by atoms with van der Waals surface area (Å²) in [7, 11) is 0. The number of benzene rings is 1. The van der Waals surface area contributed by atoms with Crippen molar-refractivity contribution in [2.75, 3.05) is 6.61 Å². The number of nitrogens with two attached hydrogens (primary N) is 2. The zero-order valence-corrected chi connectivity index (χ0v) is 11.4. The first kappa shape index (κ1) is 14.6. The van der Waals surface area contributed by atoms with E-state index in [0.29, 0.717) is 18.8 Å². The van der Waals surface area contributed by atoms with Crippen molar-refractivity contribution in [3.8, 4) is 5.75 Å². The van der Waals surface area contributed by atoms with Crippen molar-refractivity contribution in [1.82, 2.24) is 5.43 Å². The lowest BCUT2D eigenvalue weighted by Gasteiger charge is -2.39. The molecular weight excluding hydrogens is 299 g/mol. The number of amidine groups is 1. The third-order valence-corrected chi connectivity index (χ3v) is 3.65. The summed E-state index contributed by atoms with van der Waals surface area (Å²) in [5.74, 6) is -2.05. The second-order valence-electron chi connectivity index (χ2n) is 5.12. The molecule has 0 fully saturated rings. The van der Waals surface area contributed by atoms with Gasteiger partial charge in [-0.2, -0.15) is 18.3 Å². The van der Waals surface area contributed by atoms with Gasteiger partial charge in [-0.3, -0.25) is 11.2 Å². The molecule has 2 unspecified atom stereocenters. The minimum atomic E-state index is -4.69. The number of rotatable bonds is 1. The Morgan fingerprint density at radius 3 is 2.73 bits per heavy atom. The van der Waals surface area contributed by atoms with Crippen LogP contribution >= 0.6 is 0 Å². The molecule has 0 saturated heterocycles. The summed E-state index contributed by atoms with van der Waals surface area (Å²) < 4.78 is 43.7. The molecule has 2 aliphatic heterocycles. The fourth-order valence-corrected chi connectivity index (χ4v) is 2.64. The minimum Gasteiger partial charge on any atom is -0.493 e. The van der Waals surface area contributed by atoms with Crippen LogP contribution in [0.5, 0.6) is 5.75 Å². The van der Waals surface area contributed by atoms with Gasteiger partial charge >= 0.3 is 6.18 Å². The first-order valence-corrected chi connectivity index (χ1v) is 6.59. The lowest BCUT2D eigenvalue weighted by atomic mass is 9.87. The van der Waals surface area contributed by atoms with Crippen molar-refractivity contribution in [2.45, 2.75) is 24.3 Å². The van der Waals surface area contributed by atoms with Crippen LogP contribution in [0.4, 0.5) is 13.2 Å². The van der Waals surface area contributed by atoms with Gasteiger partial charge in [-0.25, -0.2) is 4.99 Å². The highest BCUT2D eigenvalue weighted by Gasteiger charge is 2.46. The van der Waals surface area contributed by atoms with Gasteiger partial charge in [0, 0.05) is 5.56 Å². The van der Waals surface area contributed by atoms with Gasteiger partial charge in [0.05, 0.1) is 12.5 Å². The summed E-state index contributed by atoms with van der Waals surface area (Å²) in [6.07, 6.45) is -4.20. The monoisotopic (exact) mass is 313 g/mol. The van der Waals surface area contributed by atoms with Gasteiger partial charge in [0.2, 0.25) is 11.5 Å². The van der Waals surface area contributed by atoms with Crippen molar-refractivity contribution in [1.29, 1.82) is 0 Å². The molecule has 0 bridgehead atoms. The Morgan fingerprint density at radius 1 is 1.32 bits per heavy atom. The second-order valence-corrected chi connectivity index (χ2v) is 5.12. The van der Waals surface area contributed by atoms with Crippen LogP contribution in [0.25, 0.3) is 0 Å². The van der Waals surface area contributed by atoms with E-state index in [4.69, 9.17) is 16.2 Å². The lowest BCUT2D eigenvalue weighted by Crippen LogP contribution is -2.60. The number of nitrogens with zero attached hydrogens (tertiary/aromatic N) is 2. The zero-order chi connectivity index (χ0) is 16.0. The van der Waals surface area contributed by atoms with Crippen LogP contribution < -0.4 is 21.6 Å². The Kier molecular flexibility index (Phi) is 3.24. The van der Waals surface area contributed by atoms with Crippen molar-refractivity contribution >= 4 is 11.5 Å². The summed E-state index contributed by atoms with van der Waals surface area (Å²) in [6, 6.07) is 7.16. The van der Waals surface area contributed by atoms with Crippen LogP contribution in [0.2, 0.25) is 0 Å². The van der Waals surface area contributed by atoms with E-state index < -0.39 is 29.4 Å². The van der Waals surface area contributed by atoms with E-state index in [1.165, 1.54) is 0 Å². The number of aliphatic imine (C=N–C) groups is 1. The maximum absolute atomic E-state index is 12.7. The highest BCUT2D eigenvalue weighted by atomic mass is 19.4. The number of para-hydroxylation sites is 1. The van der Waals surface area contributed by atoms with Crippen LogP contribution in [0.15, 0.2) is 34.4 Å². The quantitative estimate of drug-likeness (QED) is 0.721. The fourth-order valence-electron chi connectivity index (χ4n) is 2.64. The molecule has 2 aliphatic rings. The van der Waals surface area contributed by atoms with E-state index in [-0.39, 0.29) is 0 Å². The normalized spacial score (nSPS) is 27.9. The third-order valence-electron chi connectivity index (χ3n) is 3.65. The van der Waals surface area contributed by atoms with Crippen molar-refractivity contribution < 1.29 is 17.9 Å². The standard InChI is InChI=1S/C13H14F3N5O/c14-12(15,16)10-11(17)19-13(18,21-20-10)8-5-6-22-9-4-2-1-3-7(8)9/h1-4,8,21H,5-6,18H2,(H2,17,19). The maximum Gasteiger partial charge on any atom is 0.438 e. The Morgan fingerprint density at radius 2 is 2.05 bits per heavy atom. The van der Waals surface area contributed by atoms with Crippen LogP contribution in [-0.2, 0) is 0 Å². The molecule has 1 aromatic rings. The SMILES string of the molecule is NC1=NC(N)(C2CCOc3ccccc32)NN=C1C(F)(F)F. The van der Waals surface area contributed by atoms with E-state index in [1.54, 1.807) is 24.3 Å². The predicted octanol–water partition coefficient (Wildman–Crippen LogP) is 1.04. The molecule has 0 amide bonds. The van der Waals surface area contributed by atoms with Crippen LogP contribution in [0.3, 0.4) is 0 Å². The summed E-state index contributed by atoms with van der Waals surface area (Å²) in [4.78, 5) is 3.84. The molecule has 5 N–H and O–H groups in total. The average Bonchev–Trinajstić information content (AvgIpc) is 2.45. The molecule has 2 atom stereocenters. The number of alkyl halides is 3. The third kappa shape index (κ3) is 2.37. The molecule has 0 spiro atoms. The van der Waals surface area contributed by atoms with Crippen LogP contribution in [0.1, 0.15) is 17.9 Å². The number of hydrogen-bond acceptors (Lipinski definition) is 6.